The molecule has 1 amide bonds. The molecule has 9 heteroatoms. The van der Waals surface area contributed by atoms with E-state index in [0.717, 1.165) is 52.1 Å². The number of hydrogen-bond donors (Lipinski definition) is 2. The number of amides is 1. The molecule has 2 aromatic heterocycles. The van der Waals surface area contributed by atoms with Gasteiger partial charge in [0.05, 0.1) is 22.9 Å². The van der Waals surface area contributed by atoms with Crippen molar-refractivity contribution in [1.29, 1.82) is 0 Å². The summed E-state index contributed by atoms with van der Waals surface area (Å²) in [5.74, 6) is 2.17. The number of aromatic nitrogens is 2. The van der Waals surface area contributed by atoms with Crippen molar-refractivity contribution >= 4 is 33.3 Å². The Morgan fingerprint density at radius 3 is 3.03 bits per heavy atom. The molecule has 0 saturated carbocycles. The number of hydrogen-bond acceptors (Lipinski definition) is 8. The van der Waals surface area contributed by atoms with Crippen LogP contribution in [0.5, 0.6) is 11.5 Å². The number of carbonyl (C=O) groups excluding carboxylic acids is 1. The summed E-state index contributed by atoms with van der Waals surface area (Å²) in [6.07, 6.45) is 4.37. The standard InChI is InChI=1S/C22H24N4O4S/c1-13-18-20(23-9-14-5-6-16-17(8-14)30-12-29-16)24-11-25-21(18)31-19(13)22(28)26-7-3-2-4-15(26)10-27/h5-6,8,11,15,27H,2-4,7,9-10,12H2,1H3,(H,23,24,25)/t15-/m0/s1. The summed E-state index contributed by atoms with van der Waals surface area (Å²) in [5.41, 5.74) is 1.92. The number of thiophene rings is 1. The number of likely N-dealkylation sites (tertiary alicyclic amines) is 1. The Kier molecular flexibility index (Phi) is 5.37. The van der Waals surface area contributed by atoms with Gasteiger partial charge in [0.15, 0.2) is 11.5 Å². The number of aliphatic hydroxyl groups excluding tert-OH is 1. The summed E-state index contributed by atoms with van der Waals surface area (Å²) in [6.45, 7) is 3.42. The van der Waals surface area contributed by atoms with Crippen molar-refractivity contribution in [1.82, 2.24) is 14.9 Å². The maximum absolute atomic E-state index is 13.3. The van der Waals surface area contributed by atoms with Crippen LogP contribution in [-0.4, -0.2) is 51.9 Å². The number of aliphatic hydroxyl groups is 1. The first-order valence-corrected chi connectivity index (χ1v) is 11.3. The fourth-order valence-corrected chi connectivity index (χ4v) is 5.34. The highest BCUT2D eigenvalue weighted by Gasteiger charge is 2.30. The number of fused-ring (bicyclic) bond motifs is 2. The van der Waals surface area contributed by atoms with Crippen LogP contribution in [0.3, 0.4) is 0 Å². The Morgan fingerprint density at radius 2 is 2.16 bits per heavy atom. The van der Waals surface area contributed by atoms with E-state index in [1.54, 1.807) is 0 Å². The lowest BCUT2D eigenvalue weighted by Crippen LogP contribution is -2.45. The normalized spacial score (nSPS) is 17.9. The molecular formula is C22H24N4O4S. The molecule has 31 heavy (non-hydrogen) atoms. The lowest BCUT2D eigenvalue weighted by molar-refractivity contribution is 0.0507. The van der Waals surface area contributed by atoms with Crippen LogP contribution >= 0.6 is 11.3 Å². The highest BCUT2D eigenvalue weighted by Crippen LogP contribution is 2.36. The molecule has 1 atom stereocenters. The van der Waals surface area contributed by atoms with Crippen molar-refractivity contribution in [2.24, 2.45) is 0 Å². The third-order valence-corrected chi connectivity index (χ3v) is 7.10. The second-order valence-electron chi connectivity index (χ2n) is 7.83. The number of anilines is 1. The molecule has 4 heterocycles. The Hall–Kier alpha value is -2.91. The van der Waals surface area contributed by atoms with Gasteiger partial charge in [-0.25, -0.2) is 9.97 Å². The van der Waals surface area contributed by atoms with Crippen molar-refractivity contribution in [3.8, 4) is 11.5 Å². The first-order valence-electron chi connectivity index (χ1n) is 10.4. The number of aryl methyl sites for hydroxylation is 1. The minimum absolute atomic E-state index is 0.00216. The van der Waals surface area contributed by atoms with Crippen LogP contribution in [0, 0.1) is 6.92 Å². The first kappa shape index (κ1) is 20.0. The van der Waals surface area contributed by atoms with Crippen molar-refractivity contribution < 1.29 is 19.4 Å². The van der Waals surface area contributed by atoms with Gasteiger partial charge in [0.2, 0.25) is 6.79 Å². The van der Waals surface area contributed by atoms with Crippen LogP contribution in [0.1, 0.15) is 40.1 Å². The molecule has 2 aliphatic heterocycles. The molecule has 1 aromatic carbocycles. The predicted molar refractivity (Wildman–Crippen MR) is 118 cm³/mol. The SMILES string of the molecule is Cc1c(C(=O)N2CCCC[C@H]2CO)sc2ncnc(NCc3ccc4c(c3)OCO4)c12. The molecule has 1 fully saturated rings. The summed E-state index contributed by atoms with van der Waals surface area (Å²) in [7, 11) is 0. The molecule has 162 valence electrons. The minimum Gasteiger partial charge on any atom is -0.454 e. The number of ether oxygens (including phenoxy) is 2. The molecule has 0 unspecified atom stereocenters. The molecule has 8 nitrogen and oxygen atoms in total. The summed E-state index contributed by atoms with van der Waals surface area (Å²) in [6, 6.07) is 5.73. The molecule has 2 N–H and O–H groups in total. The summed E-state index contributed by atoms with van der Waals surface area (Å²) < 4.78 is 10.8. The van der Waals surface area contributed by atoms with E-state index >= 15 is 0 Å². The van der Waals surface area contributed by atoms with E-state index in [2.05, 4.69) is 15.3 Å². The fourth-order valence-electron chi connectivity index (χ4n) is 4.23. The average molecular weight is 441 g/mol. The van der Waals surface area contributed by atoms with Crippen LogP contribution in [-0.2, 0) is 6.54 Å². The quantitative estimate of drug-likeness (QED) is 0.628. The van der Waals surface area contributed by atoms with Crippen molar-refractivity contribution in [2.75, 3.05) is 25.3 Å². The van der Waals surface area contributed by atoms with Gasteiger partial charge in [-0.3, -0.25) is 4.79 Å². The summed E-state index contributed by atoms with van der Waals surface area (Å²) in [4.78, 5) is 25.4. The molecule has 0 radical (unpaired) electrons. The average Bonchev–Trinajstić information content (AvgIpc) is 3.41. The monoisotopic (exact) mass is 440 g/mol. The zero-order valence-corrected chi connectivity index (χ0v) is 18.1. The number of nitrogens with one attached hydrogen (secondary N) is 1. The highest BCUT2D eigenvalue weighted by atomic mass is 32.1. The lowest BCUT2D eigenvalue weighted by Gasteiger charge is -2.34. The van der Waals surface area contributed by atoms with Gasteiger partial charge in [-0.1, -0.05) is 6.07 Å². The minimum atomic E-state index is -0.111. The van der Waals surface area contributed by atoms with E-state index in [4.69, 9.17) is 9.47 Å². The third-order valence-electron chi connectivity index (χ3n) is 5.92. The van der Waals surface area contributed by atoms with Crippen LogP contribution in [0.25, 0.3) is 10.2 Å². The third kappa shape index (κ3) is 3.68. The second kappa shape index (κ2) is 8.32. The van der Waals surface area contributed by atoms with Crippen LogP contribution < -0.4 is 14.8 Å². The molecule has 2 aliphatic rings. The molecule has 1 saturated heterocycles. The smallest absolute Gasteiger partial charge is 0.264 e. The van der Waals surface area contributed by atoms with Gasteiger partial charge in [0.25, 0.3) is 5.91 Å². The van der Waals surface area contributed by atoms with Crippen LogP contribution in [0.4, 0.5) is 5.82 Å². The summed E-state index contributed by atoms with van der Waals surface area (Å²) in [5, 5.41) is 14.0. The molecule has 0 aliphatic carbocycles. The maximum Gasteiger partial charge on any atom is 0.264 e. The Morgan fingerprint density at radius 1 is 1.29 bits per heavy atom. The van der Waals surface area contributed by atoms with E-state index in [1.165, 1.54) is 17.7 Å². The molecule has 5 rings (SSSR count). The highest BCUT2D eigenvalue weighted by molar-refractivity contribution is 7.20. The number of nitrogens with zero attached hydrogens (tertiary/aromatic N) is 3. The molecular weight excluding hydrogens is 416 g/mol. The van der Waals surface area contributed by atoms with Gasteiger partial charge in [-0.15, -0.1) is 11.3 Å². The van der Waals surface area contributed by atoms with E-state index < -0.39 is 0 Å². The van der Waals surface area contributed by atoms with E-state index in [-0.39, 0.29) is 25.3 Å². The zero-order chi connectivity index (χ0) is 21.4. The van der Waals surface area contributed by atoms with Crippen molar-refractivity contribution in [3.05, 3.63) is 40.5 Å². The van der Waals surface area contributed by atoms with Gasteiger partial charge < -0.3 is 24.8 Å². The van der Waals surface area contributed by atoms with Gasteiger partial charge in [-0.05, 0) is 49.4 Å². The van der Waals surface area contributed by atoms with Crippen molar-refractivity contribution in [3.63, 3.8) is 0 Å². The van der Waals surface area contributed by atoms with E-state index in [0.29, 0.717) is 23.8 Å². The number of piperidine rings is 1. The predicted octanol–water partition coefficient (Wildman–Crippen LogP) is 3.33. The number of rotatable bonds is 5. The molecule has 0 bridgehead atoms. The largest absolute Gasteiger partial charge is 0.454 e. The molecule has 0 spiro atoms. The van der Waals surface area contributed by atoms with Gasteiger partial charge in [0, 0.05) is 13.1 Å². The Bertz CT molecular complexity index is 1130. The second-order valence-corrected chi connectivity index (χ2v) is 8.83. The van der Waals surface area contributed by atoms with Crippen molar-refractivity contribution in [2.45, 2.75) is 38.8 Å². The fraction of sp³-hybridized carbons (Fsp3) is 0.409. The number of carbonyl (C=O) groups is 1. The zero-order valence-electron chi connectivity index (χ0n) is 17.3. The van der Waals surface area contributed by atoms with E-state index in [9.17, 15) is 9.90 Å². The van der Waals surface area contributed by atoms with Gasteiger partial charge in [-0.2, -0.15) is 0 Å². The van der Waals surface area contributed by atoms with Crippen LogP contribution in [0.2, 0.25) is 0 Å². The summed E-state index contributed by atoms with van der Waals surface area (Å²) >= 11 is 1.39. The van der Waals surface area contributed by atoms with Gasteiger partial charge in [0.1, 0.15) is 17.0 Å². The Balaban J connectivity index is 1.41. The maximum atomic E-state index is 13.3. The topological polar surface area (TPSA) is 96.8 Å². The Labute approximate surface area is 183 Å². The molecule has 3 aromatic rings. The van der Waals surface area contributed by atoms with Crippen LogP contribution in [0.15, 0.2) is 24.5 Å². The lowest BCUT2D eigenvalue weighted by atomic mass is 10.0. The van der Waals surface area contributed by atoms with Gasteiger partial charge >= 0.3 is 0 Å². The number of benzene rings is 1. The van der Waals surface area contributed by atoms with E-state index in [1.807, 2.05) is 30.0 Å². The first-order chi connectivity index (χ1) is 15.2.